The summed E-state index contributed by atoms with van der Waals surface area (Å²) < 4.78 is 53.8. The highest BCUT2D eigenvalue weighted by atomic mass is 32.2. The summed E-state index contributed by atoms with van der Waals surface area (Å²) in [6.45, 7) is 0. The lowest BCUT2D eigenvalue weighted by Gasteiger charge is -2.29. The second-order valence-corrected chi connectivity index (χ2v) is 8.39. The molecular weight excluding hydrogens is 340 g/mol. The number of aromatic nitrogens is 3. The average Bonchev–Trinajstić information content (AvgIpc) is 3.05. The topological polar surface area (TPSA) is 85.1 Å². The van der Waals surface area contributed by atoms with Gasteiger partial charge in [0.1, 0.15) is 5.82 Å². The van der Waals surface area contributed by atoms with E-state index < -0.39 is 44.4 Å². The van der Waals surface area contributed by atoms with Gasteiger partial charge in [0.15, 0.2) is 12.0 Å². The van der Waals surface area contributed by atoms with Crippen LogP contribution >= 0.6 is 0 Å². The van der Waals surface area contributed by atoms with E-state index in [-0.39, 0.29) is 25.1 Å². The van der Waals surface area contributed by atoms with Gasteiger partial charge in [-0.25, -0.2) is 21.9 Å². The van der Waals surface area contributed by atoms with Crippen LogP contribution in [0.1, 0.15) is 42.9 Å². The van der Waals surface area contributed by atoms with Crippen molar-refractivity contribution in [1.82, 2.24) is 14.8 Å². The fourth-order valence-electron chi connectivity index (χ4n) is 3.21. The third-order valence-electron chi connectivity index (χ3n) is 4.64. The molecule has 4 rings (SSSR count). The van der Waals surface area contributed by atoms with Crippen molar-refractivity contribution in [1.29, 1.82) is 0 Å². The number of sulfone groups is 1. The molecule has 0 spiro atoms. The summed E-state index contributed by atoms with van der Waals surface area (Å²) in [5, 5.41) is 12.1. The van der Waals surface area contributed by atoms with Gasteiger partial charge >= 0.3 is 0 Å². The van der Waals surface area contributed by atoms with Gasteiger partial charge in [-0.05, 0) is 30.5 Å². The molecule has 1 N–H and O–H groups in total. The Labute approximate surface area is 137 Å². The van der Waals surface area contributed by atoms with Crippen molar-refractivity contribution >= 4 is 9.84 Å². The molecule has 1 aromatic carbocycles. The van der Waals surface area contributed by atoms with Crippen molar-refractivity contribution in [2.24, 2.45) is 0 Å². The lowest BCUT2D eigenvalue weighted by molar-refractivity contribution is 0.0975. The van der Waals surface area contributed by atoms with E-state index in [2.05, 4.69) is 10.1 Å². The molecule has 2 heterocycles. The van der Waals surface area contributed by atoms with Crippen molar-refractivity contribution in [3.63, 3.8) is 0 Å². The molecule has 0 unspecified atom stereocenters. The highest BCUT2D eigenvalue weighted by molar-refractivity contribution is 7.91. The quantitative estimate of drug-likeness (QED) is 0.906. The number of halogens is 2. The first-order chi connectivity index (χ1) is 11.4. The van der Waals surface area contributed by atoms with Crippen LogP contribution in [0.25, 0.3) is 0 Å². The minimum atomic E-state index is -3.79. The molecule has 1 aliphatic carbocycles. The summed E-state index contributed by atoms with van der Waals surface area (Å²) in [6.07, 6.45) is -1.77. The number of aliphatic hydroxyl groups is 1. The second-order valence-electron chi connectivity index (χ2n) is 6.26. The summed E-state index contributed by atoms with van der Waals surface area (Å²) in [5.41, 5.74) is 0.518. The first-order valence-corrected chi connectivity index (χ1v) is 9.19. The first kappa shape index (κ1) is 15.6. The lowest BCUT2D eigenvalue weighted by Crippen LogP contribution is -2.39. The van der Waals surface area contributed by atoms with Crippen molar-refractivity contribution in [2.75, 3.05) is 0 Å². The largest absolute Gasteiger partial charge is 0.393 e. The van der Waals surface area contributed by atoms with Crippen molar-refractivity contribution in [2.45, 2.75) is 48.0 Å². The summed E-state index contributed by atoms with van der Waals surface area (Å²) in [4.78, 5) is 3.88. The molecule has 2 atom stereocenters. The predicted molar refractivity (Wildman–Crippen MR) is 79.2 cm³/mol. The van der Waals surface area contributed by atoms with Gasteiger partial charge in [0.05, 0.1) is 17.4 Å². The highest BCUT2D eigenvalue weighted by Gasteiger charge is 2.43. The van der Waals surface area contributed by atoms with Gasteiger partial charge in [-0.3, -0.25) is 0 Å². The van der Waals surface area contributed by atoms with Gasteiger partial charge in [-0.1, -0.05) is 12.1 Å². The predicted octanol–water partition coefficient (Wildman–Crippen LogP) is 1.72. The molecule has 128 valence electrons. The van der Waals surface area contributed by atoms with Crippen LogP contribution in [0.15, 0.2) is 29.4 Å². The van der Waals surface area contributed by atoms with Crippen LogP contribution in [-0.2, 0) is 9.84 Å². The van der Waals surface area contributed by atoms with E-state index in [0.717, 1.165) is 0 Å². The smallest absolute Gasteiger partial charge is 0.267 e. The Hall–Kier alpha value is -1.87. The zero-order chi connectivity index (χ0) is 17.1. The number of aliphatic hydroxyl groups excluding tert-OH is 1. The van der Waals surface area contributed by atoms with Gasteiger partial charge < -0.3 is 5.11 Å². The third-order valence-corrected chi connectivity index (χ3v) is 6.58. The third kappa shape index (κ3) is 2.34. The summed E-state index contributed by atoms with van der Waals surface area (Å²) >= 11 is 0. The molecule has 2 aromatic rings. The van der Waals surface area contributed by atoms with Crippen molar-refractivity contribution < 1.29 is 22.3 Å². The minimum absolute atomic E-state index is 0.0429. The Kier molecular flexibility index (Phi) is 3.47. The van der Waals surface area contributed by atoms with Crippen LogP contribution in [0, 0.1) is 5.82 Å². The number of nitrogens with zero attached hydrogens (tertiary/aromatic N) is 3. The molecule has 2 aliphatic rings. The number of hydrogen-bond acceptors (Lipinski definition) is 5. The molecule has 0 amide bonds. The number of hydrogen-bond donors (Lipinski definition) is 1. The van der Waals surface area contributed by atoms with E-state index in [4.69, 9.17) is 0 Å². The molecule has 0 radical (unpaired) electrons. The number of benzene rings is 1. The van der Waals surface area contributed by atoms with Crippen LogP contribution in [0.3, 0.4) is 0 Å². The standard InChI is InChI=1S/C15H15F2N3O3S/c16-9-3-1-2-8(4-9)13-7-12(17)14-18-15(19-20(13)14)24(22,23)11-5-10(21)6-11/h1-4,10-13,21H,5-7H2/t10-,11+,12-,13-/m0/s1. The fourth-order valence-corrected chi connectivity index (χ4v) is 4.88. The lowest BCUT2D eigenvalue weighted by atomic mass is 9.96. The first-order valence-electron chi connectivity index (χ1n) is 7.64. The average molecular weight is 355 g/mol. The summed E-state index contributed by atoms with van der Waals surface area (Å²) in [5.74, 6) is -0.504. The Bertz CT molecular complexity index is 893. The maximum absolute atomic E-state index is 14.3. The molecule has 9 heteroatoms. The number of alkyl halides is 1. The molecule has 6 nitrogen and oxygen atoms in total. The van der Waals surface area contributed by atoms with E-state index in [1.165, 1.54) is 22.9 Å². The molecule has 1 saturated carbocycles. The molecular formula is C15H15F2N3O3S. The molecule has 1 aliphatic heterocycles. The number of rotatable bonds is 3. The molecule has 0 bridgehead atoms. The van der Waals surface area contributed by atoms with E-state index in [1.807, 2.05) is 0 Å². The fraction of sp³-hybridized carbons (Fsp3) is 0.467. The molecule has 24 heavy (non-hydrogen) atoms. The Morgan fingerprint density at radius 1 is 1.25 bits per heavy atom. The molecule has 1 fully saturated rings. The van der Waals surface area contributed by atoms with Crippen LogP contribution < -0.4 is 0 Å². The van der Waals surface area contributed by atoms with Crippen molar-refractivity contribution in [3.05, 3.63) is 41.5 Å². The Morgan fingerprint density at radius 3 is 2.67 bits per heavy atom. The maximum atomic E-state index is 14.3. The van der Waals surface area contributed by atoms with Crippen LogP contribution in [0.4, 0.5) is 8.78 Å². The van der Waals surface area contributed by atoms with Gasteiger partial charge in [-0.2, -0.15) is 4.98 Å². The van der Waals surface area contributed by atoms with E-state index in [9.17, 15) is 22.3 Å². The van der Waals surface area contributed by atoms with E-state index in [0.29, 0.717) is 5.56 Å². The maximum Gasteiger partial charge on any atom is 0.267 e. The van der Waals surface area contributed by atoms with Gasteiger partial charge in [0.2, 0.25) is 9.84 Å². The van der Waals surface area contributed by atoms with Crippen LogP contribution in [0.5, 0.6) is 0 Å². The normalized spacial score (nSPS) is 29.3. The summed E-state index contributed by atoms with van der Waals surface area (Å²) in [7, 11) is -3.79. The van der Waals surface area contributed by atoms with Crippen LogP contribution in [-0.4, -0.2) is 39.6 Å². The monoisotopic (exact) mass is 355 g/mol. The van der Waals surface area contributed by atoms with E-state index in [1.54, 1.807) is 6.07 Å². The number of fused-ring (bicyclic) bond motifs is 1. The van der Waals surface area contributed by atoms with Crippen LogP contribution in [0.2, 0.25) is 0 Å². The van der Waals surface area contributed by atoms with Gasteiger partial charge in [0.25, 0.3) is 5.16 Å². The Balaban J connectivity index is 1.71. The zero-order valence-electron chi connectivity index (χ0n) is 12.5. The minimum Gasteiger partial charge on any atom is -0.393 e. The SMILES string of the molecule is O=S(=O)(c1nc2n(n1)[C@H](c1cccc(F)c1)C[C@@H]2F)[C@H]1C[C@@H](O)C1. The molecule has 1 aromatic heterocycles. The van der Waals surface area contributed by atoms with Gasteiger partial charge in [0, 0.05) is 6.42 Å². The Morgan fingerprint density at radius 2 is 2.00 bits per heavy atom. The van der Waals surface area contributed by atoms with E-state index >= 15 is 0 Å². The van der Waals surface area contributed by atoms with Crippen molar-refractivity contribution in [3.8, 4) is 0 Å². The molecule has 0 saturated heterocycles. The summed E-state index contributed by atoms with van der Waals surface area (Å²) in [6, 6.07) is 5.14. The zero-order valence-corrected chi connectivity index (χ0v) is 13.3. The second kappa shape index (κ2) is 5.32. The highest BCUT2D eigenvalue weighted by Crippen LogP contribution is 2.40. The van der Waals surface area contributed by atoms with Gasteiger partial charge in [-0.15, -0.1) is 5.10 Å².